The van der Waals surface area contributed by atoms with Crippen LogP contribution in [0, 0.1) is 11.6 Å². The third-order valence-electron chi connectivity index (χ3n) is 4.99. The van der Waals surface area contributed by atoms with E-state index in [2.05, 4.69) is 10.7 Å². The molecule has 30 heavy (non-hydrogen) atoms. The number of rotatable bonds is 7. The average molecular weight is 416 g/mol. The summed E-state index contributed by atoms with van der Waals surface area (Å²) in [6.07, 6.45) is 0.303. The first-order valence-electron chi connectivity index (χ1n) is 9.41. The van der Waals surface area contributed by atoms with Crippen molar-refractivity contribution in [1.29, 1.82) is 0 Å². The zero-order valence-electron chi connectivity index (χ0n) is 16.6. The molecule has 1 atom stereocenters. The van der Waals surface area contributed by atoms with Crippen LogP contribution in [0.5, 0.6) is 0 Å². The number of benzene rings is 2. The number of imide groups is 1. The second-order valence-corrected chi connectivity index (χ2v) is 7.14. The first-order valence-corrected chi connectivity index (χ1v) is 9.41. The van der Waals surface area contributed by atoms with Gasteiger partial charge in [-0.05, 0) is 25.1 Å². The molecule has 0 aromatic heterocycles. The normalized spacial score (nSPS) is 18.6. The van der Waals surface area contributed by atoms with E-state index in [9.17, 15) is 23.2 Å². The number of hydrogen-bond donors (Lipinski definition) is 2. The topological polar surface area (TPSA) is 81.8 Å². The summed E-state index contributed by atoms with van der Waals surface area (Å²) >= 11 is 0. The van der Waals surface area contributed by atoms with E-state index in [0.29, 0.717) is 17.0 Å². The number of nitrogens with one attached hydrogen (secondary N) is 2. The Kier molecular flexibility index (Phi) is 6.12. The lowest BCUT2D eigenvalue weighted by Crippen LogP contribution is -2.50. The fourth-order valence-corrected chi connectivity index (χ4v) is 3.44. The van der Waals surface area contributed by atoms with Gasteiger partial charge in [0.15, 0.2) is 0 Å². The molecule has 7 nitrogen and oxygen atoms in total. The van der Waals surface area contributed by atoms with Crippen molar-refractivity contribution < 1.29 is 23.2 Å². The Labute approximate surface area is 172 Å². The van der Waals surface area contributed by atoms with E-state index in [0.717, 1.165) is 12.1 Å². The Balaban J connectivity index is 1.66. The summed E-state index contributed by atoms with van der Waals surface area (Å²) in [6.45, 7) is 1.60. The quantitative estimate of drug-likeness (QED) is 0.679. The zero-order chi connectivity index (χ0) is 21.9. The molecule has 2 aromatic carbocycles. The molecule has 1 aliphatic heterocycles. The zero-order valence-corrected chi connectivity index (χ0v) is 16.6. The van der Waals surface area contributed by atoms with Crippen molar-refractivity contribution in [1.82, 2.24) is 20.7 Å². The van der Waals surface area contributed by atoms with Crippen LogP contribution in [-0.2, 0) is 21.7 Å². The predicted octanol–water partition coefficient (Wildman–Crippen LogP) is 2.29. The lowest BCUT2D eigenvalue weighted by molar-refractivity contribution is -0.139. The molecule has 0 spiro atoms. The maximum atomic E-state index is 13.8. The van der Waals surface area contributed by atoms with Crippen LogP contribution in [0.15, 0.2) is 48.5 Å². The molecule has 9 heteroatoms. The van der Waals surface area contributed by atoms with Crippen molar-refractivity contribution in [2.24, 2.45) is 0 Å². The number of urea groups is 1. The molecule has 0 bridgehead atoms. The van der Waals surface area contributed by atoms with Gasteiger partial charge < -0.3 is 5.32 Å². The number of nitrogens with zero attached hydrogens (tertiary/aromatic N) is 2. The summed E-state index contributed by atoms with van der Waals surface area (Å²) in [5, 5.41) is 3.34. The van der Waals surface area contributed by atoms with Crippen molar-refractivity contribution in [3.63, 3.8) is 0 Å². The molecular formula is C21H22F2N4O3. The highest BCUT2D eigenvalue weighted by Gasteiger charge is 2.52. The van der Waals surface area contributed by atoms with Crippen LogP contribution in [0.2, 0.25) is 0 Å². The van der Waals surface area contributed by atoms with E-state index < -0.39 is 35.0 Å². The first-order chi connectivity index (χ1) is 14.3. The van der Waals surface area contributed by atoms with Crippen LogP contribution in [0.4, 0.5) is 13.6 Å². The number of likely N-dealkylation sites (N-methyl/N-ethyl adjacent to an activating group) is 1. The number of carbonyl (C=O) groups excluding carboxylic acids is 3. The Morgan fingerprint density at radius 1 is 1.17 bits per heavy atom. The van der Waals surface area contributed by atoms with Gasteiger partial charge in [-0.2, -0.15) is 5.01 Å². The molecule has 4 amide bonds. The minimum absolute atomic E-state index is 0.0442. The molecule has 0 saturated carbocycles. The largest absolute Gasteiger partial charge is 0.344 e. The molecule has 3 rings (SSSR count). The highest BCUT2D eigenvalue weighted by atomic mass is 19.1. The molecule has 0 radical (unpaired) electrons. The Bertz CT molecular complexity index is 970. The van der Waals surface area contributed by atoms with Gasteiger partial charge in [0.1, 0.15) is 17.2 Å². The van der Waals surface area contributed by atoms with Gasteiger partial charge >= 0.3 is 6.03 Å². The molecule has 0 aliphatic carbocycles. The average Bonchev–Trinajstić information content (AvgIpc) is 2.96. The number of hydrogen-bond acceptors (Lipinski definition) is 4. The van der Waals surface area contributed by atoms with Crippen LogP contribution >= 0.6 is 0 Å². The van der Waals surface area contributed by atoms with Crippen LogP contribution in [0.1, 0.15) is 24.5 Å². The van der Waals surface area contributed by atoms with Gasteiger partial charge in [-0.1, -0.05) is 43.3 Å². The summed E-state index contributed by atoms with van der Waals surface area (Å²) in [5.41, 5.74) is 1.90. The van der Waals surface area contributed by atoms with Crippen LogP contribution in [0.3, 0.4) is 0 Å². The Morgan fingerprint density at radius 2 is 1.87 bits per heavy atom. The van der Waals surface area contributed by atoms with Gasteiger partial charge in [0.05, 0.1) is 6.54 Å². The molecular weight excluding hydrogens is 394 g/mol. The van der Waals surface area contributed by atoms with E-state index >= 15 is 0 Å². The molecule has 1 aliphatic rings. The standard InChI is InChI=1S/C21H22F2N4O3/c1-3-21(15-7-5-4-6-8-15)19(29)27(20(30)24-21)25-18(28)13-26(2)12-14-9-10-16(22)11-17(14)23/h4-11H,3,12-13H2,1-2H3,(H,24,30)(H,25,28). The second-order valence-electron chi connectivity index (χ2n) is 7.14. The minimum atomic E-state index is -1.26. The van der Waals surface area contributed by atoms with E-state index in [1.807, 2.05) is 0 Å². The summed E-state index contributed by atoms with van der Waals surface area (Å²) in [4.78, 5) is 39.3. The van der Waals surface area contributed by atoms with Crippen molar-refractivity contribution >= 4 is 17.8 Å². The van der Waals surface area contributed by atoms with E-state index in [-0.39, 0.29) is 18.7 Å². The van der Waals surface area contributed by atoms with Gasteiger partial charge in [0.25, 0.3) is 11.8 Å². The number of amides is 4. The van der Waals surface area contributed by atoms with Crippen molar-refractivity contribution in [3.05, 3.63) is 71.3 Å². The van der Waals surface area contributed by atoms with Gasteiger partial charge in [-0.3, -0.25) is 19.9 Å². The fourth-order valence-electron chi connectivity index (χ4n) is 3.44. The van der Waals surface area contributed by atoms with Crippen molar-refractivity contribution in [3.8, 4) is 0 Å². The van der Waals surface area contributed by atoms with Crippen molar-refractivity contribution in [2.75, 3.05) is 13.6 Å². The third-order valence-corrected chi connectivity index (χ3v) is 4.99. The van der Waals surface area contributed by atoms with E-state index in [4.69, 9.17) is 0 Å². The number of carbonyl (C=O) groups is 3. The smallest absolute Gasteiger partial charge is 0.318 e. The summed E-state index contributed by atoms with van der Waals surface area (Å²) < 4.78 is 26.8. The predicted molar refractivity (Wildman–Crippen MR) is 105 cm³/mol. The van der Waals surface area contributed by atoms with E-state index in [1.54, 1.807) is 44.3 Å². The van der Waals surface area contributed by atoms with Gasteiger partial charge in [0, 0.05) is 18.2 Å². The first kappa shape index (κ1) is 21.4. The van der Waals surface area contributed by atoms with Crippen LogP contribution in [-0.4, -0.2) is 41.3 Å². The maximum Gasteiger partial charge on any atom is 0.344 e. The molecule has 2 aromatic rings. The number of hydrazine groups is 1. The van der Waals surface area contributed by atoms with Gasteiger partial charge in [0.2, 0.25) is 0 Å². The Hall–Kier alpha value is -3.33. The summed E-state index contributed by atoms with van der Waals surface area (Å²) in [6, 6.07) is 11.3. The molecule has 1 heterocycles. The van der Waals surface area contributed by atoms with Gasteiger partial charge in [-0.25, -0.2) is 13.6 Å². The second kappa shape index (κ2) is 8.58. The van der Waals surface area contributed by atoms with E-state index in [1.165, 1.54) is 11.0 Å². The molecule has 158 valence electrons. The molecule has 1 unspecified atom stereocenters. The summed E-state index contributed by atoms with van der Waals surface area (Å²) in [5.74, 6) is -2.61. The van der Waals surface area contributed by atoms with Gasteiger partial charge in [-0.15, -0.1) is 0 Å². The SMILES string of the molecule is CCC1(c2ccccc2)NC(=O)N(NC(=O)CN(C)Cc2ccc(F)cc2F)C1=O. The lowest BCUT2D eigenvalue weighted by atomic mass is 9.87. The highest BCUT2D eigenvalue weighted by Crippen LogP contribution is 2.31. The molecule has 1 fully saturated rings. The van der Waals surface area contributed by atoms with Crippen LogP contribution < -0.4 is 10.7 Å². The molecule has 1 saturated heterocycles. The number of halogens is 2. The third kappa shape index (κ3) is 4.16. The summed E-state index contributed by atoms with van der Waals surface area (Å²) in [7, 11) is 1.56. The van der Waals surface area contributed by atoms with Crippen LogP contribution in [0.25, 0.3) is 0 Å². The molecule has 2 N–H and O–H groups in total. The van der Waals surface area contributed by atoms with Crippen molar-refractivity contribution in [2.45, 2.75) is 25.4 Å². The maximum absolute atomic E-state index is 13.8. The fraction of sp³-hybridized carbons (Fsp3) is 0.286. The monoisotopic (exact) mass is 416 g/mol. The highest BCUT2D eigenvalue weighted by molar-refractivity contribution is 6.08. The Morgan fingerprint density at radius 3 is 2.50 bits per heavy atom. The minimum Gasteiger partial charge on any atom is -0.318 e. The lowest BCUT2D eigenvalue weighted by Gasteiger charge is -2.25.